The maximum absolute atomic E-state index is 10.7. The molecular formula is C9H7BrClNO2. The van der Waals surface area contributed by atoms with Crippen molar-refractivity contribution in [3.63, 3.8) is 0 Å². The Morgan fingerprint density at radius 2 is 2.43 bits per heavy atom. The zero-order chi connectivity index (χ0) is 10.3. The van der Waals surface area contributed by atoms with Crippen molar-refractivity contribution in [1.29, 1.82) is 0 Å². The van der Waals surface area contributed by atoms with Gasteiger partial charge in [0.1, 0.15) is 5.15 Å². The Bertz CT molecular complexity index is 396. The average molecular weight is 277 g/mol. The largest absolute Gasteiger partial charge is 0.481 e. The first-order valence-corrected chi connectivity index (χ1v) is 5.30. The molecule has 0 aliphatic heterocycles. The van der Waals surface area contributed by atoms with Gasteiger partial charge in [0.15, 0.2) is 0 Å². The van der Waals surface area contributed by atoms with Gasteiger partial charge >= 0.3 is 5.97 Å². The third kappa shape index (κ3) is 1.77. The van der Waals surface area contributed by atoms with Gasteiger partial charge in [0.25, 0.3) is 0 Å². The highest BCUT2D eigenvalue weighted by atomic mass is 79.9. The van der Waals surface area contributed by atoms with Crippen molar-refractivity contribution in [2.75, 3.05) is 0 Å². The van der Waals surface area contributed by atoms with Crippen molar-refractivity contribution in [3.8, 4) is 0 Å². The molecule has 74 valence electrons. The molecule has 1 heterocycles. The molecule has 0 radical (unpaired) electrons. The zero-order valence-corrected chi connectivity index (χ0v) is 9.42. The van der Waals surface area contributed by atoms with Crippen LogP contribution in [-0.4, -0.2) is 16.1 Å². The van der Waals surface area contributed by atoms with E-state index < -0.39 is 5.97 Å². The second kappa shape index (κ2) is 3.51. The third-order valence-electron chi connectivity index (χ3n) is 2.36. The molecule has 14 heavy (non-hydrogen) atoms. The Labute approximate surface area is 94.2 Å². The van der Waals surface area contributed by atoms with E-state index in [4.69, 9.17) is 16.7 Å². The molecule has 2 rings (SSSR count). The van der Waals surface area contributed by atoms with Gasteiger partial charge in [-0.3, -0.25) is 4.79 Å². The normalized spacial score (nSPS) is 24.7. The van der Waals surface area contributed by atoms with Crippen LogP contribution in [0.4, 0.5) is 0 Å². The number of carboxylic acid groups (broad SMARTS) is 1. The molecule has 1 N–H and O–H groups in total. The third-order valence-corrected chi connectivity index (χ3v) is 3.23. The van der Waals surface area contributed by atoms with Gasteiger partial charge in [-0.2, -0.15) is 0 Å². The summed E-state index contributed by atoms with van der Waals surface area (Å²) in [6.45, 7) is 0. The van der Waals surface area contributed by atoms with Gasteiger partial charge in [-0.25, -0.2) is 4.98 Å². The number of pyridine rings is 1. The summed E-state index contributed by atoms with van der Waals surface area (Å²) in [7, 11) is 0. The smallest absolute Gasteiger partial charge is 0.307 e. The summed E-state index contributed by atoms with van der Waals surface area (Å²) < 4.78 is 0.829. The van der Waals surface area contributed by atoms with Crippen molar-refractivity contribution in [2.24, 2.45) is 5.92 Å². The predicted molar refractivity (Wildman–Crippen MR) is 55.4 cm³/mol. The van der Waals surface area contributed by atoms with E-state index in [0.29, 0.717) is 11.6 Å². The number of aromatic nitrogens is 1. The van der Waals surface area contributed by atoms with Crippen molar-refractivity contribution in [2.45, 2.75) is 12.3 Å². The lowest BCUT2D eigenvalue weighted by molar-refractivity contribution is -0.138. The fourth-order valence-corrected chi connectivity index (χ4v) is 2.20. The predicted octanol–water partition coefficient (Wildman–Crippen LogP) is 2.69. The molecule has 1 aromatic heterocycles. The number of aliphatic carboxylic acids is 1. The van der Waals surface area contributed by atoms with E-state index >= 15 is 0 Å². The van der Waals surface area contributed by atoms with Gasteiger partial charge in [0.05, 0.1) is 5.92 Å². The number of carboxylic acids is 1. The van der Waals surface area contributed by atoms with Crippen LogP contribution in [0.5, 0.6) is 0 Å². The minimum Gasteiger partial charge on any atom is -0.481 e. The van der Waals surface area contributed by atoms with Crippen LogP contribution in [0.25, 0.3) is 0 Å². The lowest BCUT2D eigenvalue weighted by atomic mass is 10.1. The monoisotopic (exact) mass is 275 g/mol. The highest BCUT2D eigenvalue weighted by Crippen LogP contribution is 2.49. The fourth-order valence-electron chi connectivity index (χ4n) is 1.52. The summed E-state index contributed by atoms with van der Waals surface area (Å²) in [5.74, 6) is -0.915. The summed E-state index contributed by atoms with van der Waals surface area (Å²) >= 11 is 9.07. The Morgan fingerprint density at radius 3 is 3.00 bits per heavy atom. The van der Waals surface area contributed by atoms with Crippen LogP contribution in [0.15, 0.2) is 16.7 Å². The van der Waals surface area contributed by atoms with Crippen molar-refractivity contribution < 1.29 is 9.90 Å². The summed E-state index contributed by atoms with van der Waals surface area (Å²) in [5.41, 5.74) is 0.942. The molecule has 0 amide bonds. The topological polar surface area (TPSA) is 50.2 Å². The standard InChI is InChI=1S/C9H7BrClNO2/c10-7-3-12-8(11)2-5(7)4-1-6(4)9(13)14/h2-4,6H,1H2,(H,13,14)/t4-,6+/m0/s1. The van der Waals surface area contributed by atoms with E-state index in [9.17, 15) is 4.79 Å². The Kier molecular flexibility index (Phi) is 2.49. The molecule has 0 aromatic carbocycles. The van der Waals surface area contributed by atoms with Crippen molar-refractivity contribution in [3.05, 3.63) is 27.5 Å². The van der Waals surface area contributed by atoms with Gasteiger partial charge in [-0.05, 0) is 39.9 Å². The van der Waals surface area contributed by atoms with Gasteiger partial charge < -0.3 is 5.11 Å². The van der Waals surface area contributed by atoms with E-state index in [1.165, 1.54) is 0 Å². The van der Waals surface area contributed by atoms with Gasteiger partial charge in [-0.1, -0.05) is 11.6 Å². The first-order valence-electron chi connectivity index (χ1n) is 4.13. The molecule has 0 unspecified atom stereocenters. The first-order chi connectivity index (χ1) is 6.59. The molecule has 1 aromatic rings. The van der Waals surface area contributed by atoms with E-state index in [1.54, 1.807) is 12.3 Å². The number of hydrogen-bond acceptors (Lipinski definition) is 2. The van der Waals surface area contributed by atoms with Gasteiger partial charge in [0, 0.05) is 10.7 Å². The molecule has 1 aliphatic rings. The van der Waals surface area contributed by atoms with E-state index in [0.717, 1.165) is 10.0 Å². The second-order valence-corrected chi connectivity index (χ2v) is 4.56. The van der Waals surface area contributed by atoms with Crippen molar-refractivity contribution >= 4 is 33.5 Å². The van der Waals surface area contributed by atoms with Crippen LogP contribution in [-0.2, 0) is 4.79 Å². The first kappa shape index (κ1) is 9.93. The molecule has 2 atom stereocenters. The molecule has 0 bridgehead atoms. The zero-order valence-electron chi connectivity index (χ0n) is 7.08. The summed E-state index contributed by atoms with van der Waals surface area (Å²) in [4.78, 5) is 14.6. The van der Waals surface area contributed by atoms with Gasteiger partial charge in [0.2, 0.25) is 0 Å². The second-order valence-electron chi connectivity index (χ2n) is 3.32. The highest BCUT2D eigenvalue weighted by molar-refractivity contribution is 9.10. The minimum atomic E-state index is -0.741. The van der Waals surface area contributed by atoms with E-state index in [1.807, 2.05) is 0 Å². The van der Waals surface area contributed by atoms with Crippen LogP contribution in [0.1, 0.15) is 17.9 Å². The number of rotatable bonds is 2. The number of hydrogen-bond donors (Lipinski definition) is 1. The molecule has 1 fully saturated rings. The Balaban J connectivity index is 2.26. The summed E-state index contributed by atoms with van der Waals surface area (Å²) in [5, 5.41) is 9.18. The molecular weight excluding hydrogens is 269 g/mol. The number of carbonyl (C=O) groups is 1. The maximum atomic E-state index is 10.7. The molecule has 1 aliphatic carbocycles. The molecule has 0 spiro atoms. The molecule has 5 heteroatoms. The van der Waals surface area contributed by atoms with Crippen LogP contribution >= 0.6 is 27.5 Å². The lowest BCUT2D eigenvalue weighted by Crippen LogP contribution is -1.99. The van der Waals surface area contributed by atoms with Crippen LogP contribution in [0.3, 0.4) is 0 Å². The average Bonchev–Trinajstić information content (AvgIpc) is 2.88. The maximum Gasteiger partial charge on any atom is 0.307 e. The molecule has 0 saturated heterocycles. The number of nitrogens with zero attached hydrogens (tertiary/aromatic N) is 1. The van der Waals surface area contributed by atoms with Crippen LogP contribution in [0.2, 0.25) is 5.15 Å². The quantitative estimate of drug-likeness (QED) is 0.845. The van der Waals surface area contributed by atoms with Gasteiger partial charge in [-0.15, -0.1) is 0 Å². The van der Waals surface area contributed by atoms with Crippen LogP contribution in [0, 0.1) is 5.92 Å². The lowest BCUT2D eigenvalue weighted by Gasteiger charge is -2.02. The summed E-state index contributed by atoms with van der Waals surface area (Å²) in [6, 6.07) is 1.72. The Morgan fingerprint density at radius 1 is 1.71 bits per heavy atom. The fraction of sp³-hybridized carbons (Fsp3) is 0.333. The molecule has 3 nitrogen and oxygen atoms in total. The van der Waals surface area contributed by atoms with E-state index in [2.05, 4.69) is 20.9 Å². The Hall–Kier alpha value is -0.610. The highest BCUT2D eigenvalue weighted by Gasteiger charge is 2.45. The summed E-state index contributed by atoms with van der Waals surface area (Å²) in [6.07, 6.45) is 2.29. The van der Waals surface area contributed by atoms with Crippen LogP contribution < -0.4 is 0 Å². The van der Waals surface area contributed by atoms with Crippen molar-refractivity contribution in [1.82, 2.24) is 4.98 Å². The minimum absolute atomic E-state index is 0.0855. The SMILES string of the molecule is O=C(O)[C@@H]1C[C@H]1c1cc(Cl)ncc1Br. The number of halogens is 2. The van der Waals surface area contributed by atoms with E-state index in [-0.39, 0.29) is 11.8 Å². The molecule has 1 saturated carbocycles.